The molecule has 0 radical (unpaired) electrons. The number of hydrogen-bond acceptors (Lipinski definition) is 1. The normalized spacial score (nSPS) is 12.5. The van der Waals surface area contributed by atoms with Crippen LogP contribution in [0.15, 0.2) is 36.4 Å². The highest BCUT2D eigenvalue weighted by Crippen LogP contribution is 2.26. The maximum absolute atomic E-state index is 13.5. The van der Waals surface area contributed by atoms with Gasteiger partial charge in [0, 0.05) is 17.0 Å². The fourth-order valence-corrected chi connectivity index (χ4v) is 2.27. The van der Waals surface area contributed by atoms with Crippen molar-refractivity contribution in [2.24, 2.45) is 0 Å². The largest absolute Gasteiger partial charge is 0.388 e. The van der Waals surface area contributed by atoms with Gasteiger partial charge in [-0.15, -0.1) is 0 Å². The van der Waals surface area contributed by atoms with E-state index in [-0.39, 0.29) is 12.0 Å². The van der Waals surface area contributed by atoms with Crippen LogP contribution < -0.4 is 0 Å². The molecule has 2 aromatic carbocycles. The minimum atomic E-state index is -0.969. The zero-order chi connectivity index (χ0) is 14.0. The highest BCUT2D eigenvalue weighted by Gasteiger charge is 2.16. The van der Waals surface area contributed by atoms with Gasteiger partial charge in [-0.05, 0) is 42.3 Å². The van der Waals surface area contributed by atoms with E-state index >= 15 is 0 Å². The van der Waals surface area contributed by atoms with Crippen molar-refractivity contribution in [2.45, 2.75) is 19.4 Å². The second-order valence-corrected chi connectivity index (χ2v) is 4.86. The van der Waals surface area contributed by atoms with Crippen LogP contribution in [0.5, 0.6) is 0 Å². The molecule has 0 spiro atoms. The van der Waals surface area contributed by atoms with Gasteiger partial charge < -0.3 is 5.11 Å². The molecular weight excluding hydrogens is 270 g/mol. The van der Waals surface area contributed by atoms with Crippen molar-refractivity contribution < 1.29 is 13.9 Å². The zero-order valence-corrected chi connectivity index (χ0v) is 11.1. The summed E-state index contributed by atoms with van der Waals surface area (Å²) in [6.45, 7) is 1.79. The van der Waals surface area contributed by atoms with E-state index in [4.69, 9.17) is 11.6 Å². The van der Waals surface area contributed by atoms with Crippen molar-refractivity contribution in [1.29, 1.82) is 0 Å². The molecule has 0 aromatic heterocycles. The first-order valence-corrected chi connectivity index (χ1v) is 6.24. The van der Waals surface area contributed by atoms with Gasteiger partial charge in [0.2, 0.25) is 0 Å². The van der Waals surface area contributed by atoms with Gasteiger partial charge in [-0.2, -0.15) is 0 Å². The lowest BCUT2D eigenvalue weighted by atomic mass is 9.97. The van der Waals surface area contributed by atoms with Gasteiger partial charge in [0.1, 0.15) is 11.6 Å². The lowest BCUT2D eigenvalue weighted by Gasteiger charge is -2.15. The fourth-order valence-electron chi connectivity index (χ4n) is 2.04. The highest BCUT2D eigenvalue weighted by atomic mass is 35.5. The number of aryl methyl sites for hydroxylation is 1. The summed E-state index contributed by atoms with van der Waals surface area (Å²) in [5, 5.41) is 10.7. The number of aliphatic hydroxyl groups is 1. The summed E-state index contributed by atoms with van der Waals surface area (Å²) in [5.74, 6) is -1.30. The van der Waals surface area contributed by atoms with Gasteiger partial charge in [0.15, 0.2) is 0 Å². The van der Waals surface area contributed by atoms with Crippen LogP contribution in [0.4, 0.5) is 8.78 Å². The van der Waals surface area contributed by atoms with Gasteiger partial charge in [-0.1, -0.05) is 23.7 Å². The third kappa shape index (κ3) is 3.11. The topological polar surface area (TPSA) is 20.2 Å². The van der Waals surface area contributed by atoms with Crippen LogP contribution in [0.2, 0.25) is 5.02 Å². The van der Waals surface area contributed by atoms with Crippen molar-refractivity contribution in [3.63, 3.8) is 0 Å². The molecule has 1 unspecified atom stereocenters. The lowest BCUT2D eigenvalue weighted by molar-refractivity contribution is 0.175. The summed E-state index contributed by atoms with van der Waals surface area (Å²) >= 11 is 5.83. The maximum Gasteiger partial charge on any atom is 0.129 e. The molecule has 0 aliphatic carbocycles. The molecule has 0 bridgehead atoms. The second-order valence-electron chi connectivity index (χ2n) is 4.42. The van der Waals surface area contributed by atoms with Crippen molar-refractivity contribution in [3.05, 3.63) is 69.7 Å². The number of halogens is 3. The van der Waals surface area contributed by atoms with Gasteiger partial charge >= 0.3 is 0 Å². The van der Waals surface area contributed by atoms with Crippen LogP contribution in [0.1, 0.15) is 22.8 Å². The van der Waals surface area contributed by atoms with Gasteiger partial charge in [0.05, 0.1) is 6.10 Å². The summed E-state index contributed by atoms with van der Waals surface area (Å²) in [5.41, 5.74) is 1.30. The Labute approximate surface area is 115 Å². The Kier molecular flexibility index (Phi) is 4.17. The quantitative estimate of drug-likeness (QED) is 0.894. The molecule has 0 heterocycles. The van der Waals surface area contributed by atoms with Crippen LogP contribution in [0, 0.1) is 18.6 Å². The standard InChI is InChI=1S/C15H13ClF2O/c1-9-7-10(16)5-6-11(9)15(19)8-12-13(17)3-2-4-14(12)18/h2-7,15,19H,8H2,1H3. The summed E-state index contributed by atoms with van der Waals surface area (Å²) in [4.78, 5) is 0. The van der Waals surface area contributed by atoms with E-state index in [0.29, 0.717) is 10.6 Å². The molecule has 4 heteroatoms. The van der Waals surface area contributed by atoms with Crippen LogP contribution in [0.25, 0.3) is 0 Å². The highest BCUT2D eigenvalue weighted by molar-refractivity contribution is 6.30. The van der Waals surface area contributed by atoms with Gasteiger partial charge in [-0.3, -0.25) is 0 Å². The molecule has 100 valence electrons. The predicted molar refractivity (Wildman–Crippen MR) is 71.2 cm³/mol. The Morgan fingerprint density at radius 3 is 2.37 bits per heavy atom. The predicted octanol–water partition coefficient (Wildman–Crippen LogP) is 4.20. The summed E-state index contributed by atoms with van der Waals surface area (Å²) in [6.07, 6.45) is -1.08. The van der Waals surface area contributed by atoms with E-state index in [1.807, 2.05) is 0 Å². The Morgan fingerprint density at radius 2 is 1.79 bits per heavy atom. The minimum Gasteiger partial charge on any atom is -0.388 e. The molecule has 19 heavy (non-hydrogen) atoms. The Bertz CT molecular complexity index is 578. The van der Waals surface area contributed by atoms with Crippen LogP contribution in [-0.4, -0.2) is 5.11 Å². The molecule has 0 amide bonds. The summed E-state index contributed by atoms with van der Waals surface area (Å²) in [6, 6.07) is 8.68. The molecule has 0 aliphatic heterocycles. The molecule has 2 rings (SSSR count). The first-order chi connectivity index (χ1) is 8.99. The Hall–Kier alpha value is -1.45. The number of benzene rings is 2. The van der Waals surface area contributed by atoms with Crippen molar-refractivity contribution in [1.82, 2.24) is 0 Å². The Morgan fingerprint density at radius 1 is 1.16 bits per heavy atom. The van der Waals surface area contributed by atoms with Gasteiger partial charge in [0.25, 0.3) is 0 Å². The molecule has 1 atom stereocenters. The zero-order valence-electron chi connectivity index (χ0n) is 10.3. The second kappa shape index (κ2) is 5.68. The smallest absolute Gasteiger partial charge is 0.129 e. The van der Waals surface area contributed by atoms with Gasteiger partial charge in [-0.25, -0.2) is 8.78 Å². The summed E-state index contributed by atoms with van der Waals surface area (Å²) in [7, 11) is 0. The van der Waals surface area contributed by atoms with Crippen molar-refractivity contribution in [2.75, 3.05) is 0 Å². The number of aliphatic hydroxyl groups excluding tert-OH is 1. The first-order valence-electron chi connectivity index (χ1n) is 5.86. The van der Waals surface area contributed by atoms with Crippen molar-refractivity contribution >= 4 is 11.6 Å². The van der Waals surface area contributed by atoms with Crippen LogP contribution in [-0.2, 0) is 6.42 Å². The molecule has 0 saturated carbocycles. The number of hydrogen-bond donors (Lipinski definition) is 1. The molecule has 0 fully saturated rings. The lowest BCUT2D eigenvalue weighted by Crippen LogP contribution is -2.07. The third-order valence-electron chi connectivity index (χ3n) is 3.05. The van der Waals surface area contributed by atoms with Crippen LogP contribution >= 0.6 is 11.6 Å². The minimum absolute atomic E-state index is 0.107. The average Bonchev–Trinajstić information content (AvgIpc) is 2.33. The van der Waals surface area contributed by atoms with E-state index in [1.165, 1.54) is 18.2 Å². The maximum atomic E-state index is 13.5. The van der Waals surface area contributed by atoms with Crippen molar-refractivity contribution in [3.8, 4) is 0 Å². The molecule has 1 N–H and O–H groups in total. The van der Waals surface area contributed by atoms with E-state index in [9.17, 15) is 13.9 Å². The molecule has 0 saturated heterocycles. The summed E-state index contributed by atoms with van der Waals surface area (Å²) < 4.78 is 27.0. The molecule has 2 aromatic rings. The Balaban J connectivity index is 2.28. The molecule has 0 aliphatic rings. The molecule has 1 nitrogen and oxygen atoms in total. The van der Waals surface area contributed by atoms with E-state index in [2.05, 4.69) is 0 Å². The molecular formula is C15H13ClF2O. The van der Waals surface area contributed by atoms with E-state index in [1.54, 1.807) is 25.1 Å². The monoisotopic (exact) mass is 282 g/mol. The fraction of sp³-hybridized carbons (Fsp3) is 0.200. The van der Waals surface area contributed by atoms with Crippen LogP contribution in [0.3, 0.4) is 0 Å². The number of rotatable bonds is 3. The SMILES string of the molecule is Cc1cc(Cl)ccc1C(O)Cc1c(F)cccc1F. The average molecular weight is 283 g/mol. The third-order valence-corrected chi connectivity index (χ3v) is 3.29. The van der Waals surface area contributed by atoms with E-state index in [0.717, 1.165) is 5.56 Å². The first kappa shape index (κ1) is 14.0. The van der Waals surface area contributed by atoms with E-state index < -0.39 is 17.7 Å².